The number of carboxylic acids is 1. The number of nitrogens with one attached hydrogen (secondary N) is 1. The molecule has 4 N–H and O–H groups in total. The molecular formula is C26H38N2O7. The van der Waals surface area contributed by atoms with E-state index in [1.807, 2.05) is 13.8 Å². The van der Waals surface area contributed by atoms with Gasteiger partial charge in [-0.1, -0.05) is 13.8 Å². The number of esters is 1. The Labute approximate surface area is 206 Å². The summed E-state index contributed by atoms with van der Waals surface area (Å²) in [6.07, 6.45) is 3.32. The summed E-state index contributed by atoms with van der Waals surface area (Å²) in [7, 11) is 0. The third-order valence-electron chi connectivity index (χ3n) is 6.79. The quantitative estimate of drug-likeness (QED) is 0.235. The van der Waals surface area contributed by atoms with E-state index >= 15 is 0 Å². The van der Waals surface area contributed by atoms with Crippen LogP contribution in [0.3, 0.4) is 0 Å². The molecule has 1 saturated carbocycles. The summed E-state index contributed by atoms with van der Waals surface area (Å²) in [6, 6.07) is -1.04. The van der Waals surface area contributed by atoms with Gasteiger partial charge in [-0.15, -0.1) is 11.8 Å². The van der Waals surface area contributed by atoms with Crippen LogP contribution in [0.25, 0.3) is 0 Å². The first-order chi connectivity index (χ1) is 16.6. The van der Waals surface area contributed by atoms with E-state index in [0.717, 1.165) is 25.7 Å². The van der Waals surface area contributed by atoms with Gasteiger partial charge in [0.2, 0.25) is 11.8 Å². The van der Waals surface area contributed by atoms with Crippen LogP contribution in [0.4, 0.5) is 0 Å². The first kappa shape index (κ1) is 28.3. The van der Waals surface area contributed by atoms with Crippen LogP contribution in [0.2, 0.25) is 0 Å². The lowest BCUT2D eigenvalue weighted by Gasteiger charge is -2.22. The van der Waals surface area contributed by atoms with Crippen molar-refractivity contribution < 1.29 is 33.8 Å². The Morgan fingerprint density at radius 1 is 1.03 bits per heavy atom. The first-order valence-corrected chi connectivity index (χ1v) is 12.5. The summed E-state index contributed by atoms with van der Waals surface area (Å²) in [5, 5.41) is 11.5. The summed E-state index contributed by atoms with van der Waals surface area (Å²) in [4.78, 5) is 60.1. The summed E-state index contributed by atoms with van der Waals surface area (Å²) in [5.74, 6) is 4.00. The Morgan fingerprint density at radius 2 is 1.66 bits per heavy atom. The Kier molecular flexibility index (Phi) is 11.2. The average molecular weight is 491 g/mol. The van der Waals surface area contributed by atoms with Crippen LogP contribution in [0, 0.1) is 41.4 Å². The molecule has 2 amide bonds. The van der Waals surface area contributed by atoms with Crippen LogP contribution in [-0.2, 0) is 28.7 Å². The van der Waals surface area contributed by atoms with E-state index in [9.17, 15) is 24.0 Å². The van der Waals surface area contributed by atoms with Crippen molar-refractivity contribution in [3.63, 3.8) is 0 Å². The van der Waals surface area contributed by atoms with Crippen molar-refractivity contribution in [1.82, 2.24) is 5.32 Å². The van der Waals surface area contributed by atoms with Gasteiger partial charge < -0.3 is 20.9 Å². The summed E-state index contributed by atoms with van der Waals surface area (Å²) in [5.41, 5.74) is 5.18. The van der Waals surface area contributed by atoms with Gasteiger partial charge in [-0.3, -0.25) is 24.0 Å². The zero-order valence-corrected chi connectivity index (χ0v) is 20.7. The number of carboxylic acid groups (broad SMARTS) is 1. The Balaban J connectivity index is 1.93. The maximum atomic E-state index is 13.0. The van der Waals surface area contributed by atoms with Gasteiger partial charge in [0.25, 0.3) is 0 Å². The van der Waals surface area contributed by atoms with E-state index in [1.54, 1.807) is 0 Å². The van der Waals surface area contributed by atoms with Crippen LogP contribution in [0.1, 0.15) is 78.1 Å². The second-order valence-electron chi connectivity index (χ2n) is 10.1. The second-order valence-corrected chi connectivity index (χ2v) is 10.1. The number of hydrogen-bond donors (Lipinski definition) is 3. The minimum atomic E-state index is -1.13. The van der Waals surface area contributed by atoms with E-state index in [-0.39, 0.29) is 38.0 Å². The minimum Gasteiger partial charge on any atom is -0.481 e. The molecule has 0 aliphatic heterocycles. The Hall–Kier alpha value is -2.89. The number of Topliss-reactive ketones (excluding diaryl/α,β-unsaturated/α-hetero) is 1. The van der Waals surface area contributed by atoms with Crippen molar-refractivity contribution in [2.75, 3.05) is 6.61 Å². The second kappa shape index (κ2) is 13.9. The van der Waals surface area contributed by atoms with Gasteiger partial charge in [0.15, 0.2) is 5.78 Å². The highest BCUT2D eigenvalue weighted by atomic mass is 16.5. The number of amides is 2. The lowest BCUT2D eigenvalue weighted by molar-refractivity contribution is -0.148. The van der Waals surface area contributed by atoms with Crippen molar-refractivity contribution in [2.24, 2.45) is 35.3 Å². The van der Waals surface area contributed by atoms with Crippen LogP contribution >= 0.6 is 0 Å². The third-order valence-corrected chi connectivity index (χ3v) is 6.79. The molecule has 35 heavy (non-hydrogen) atoms. The Morgan fingerprint density at radius 3 is 2.20 bits per heavy atom. The van der Waals surface area contributed by atoms with Gasteiger partial charge in [-0.25, -0.2) is 0 Å². The third kappa shape index (κ3) is 10.1. The van der Waals surface area contributed by atoms with Gasteiger partial charge in [0.1, 0.15) is 0 Å². The number of hydrogen-bond acceptors (Lipinski definition) is 6. The molecule has 2 aliphatic rings. The Bertz CT molecular complexity index is 839. The van der Waals surface area contributed by atoms with Crippen molar-refractivity contribution in [3.8, 4) is 11.8 Å². The van der Waals surface area contributed by atoms with Gasteiger partial charge in [-0.05, 0) is 49.4 Å². The van der Waals surface area contributed by atoms with E-state index in [2.05, 4.69) is 17.2 Å². The van der Waals surface area contributed by atoms with Crippen molar-refractivity contribution in [3.05, 3.63) is 0 Å². The average Bonchev–Trinajstić information content (AvgIpc) is 3.41. The maximum absolute atomic E-state index is 13.0. The molecule has 0 aromatic rings. The number of ether oxygens (including phenoxy) is 1. The number of aliphatic carboxylic acids is 1. The van der Waals surface area contributed by atoms with Crippen molar-refractivity contribution in [1.29, 1.82) is 0 Å². The molecule has 0 bridgehead atoms. The fourth-order valence-corrected chi connectivity index (χ4v) is 4.88. The number of carbonyl (C=O) groups is 5. The number of fused-ring (bicyclic) bond motifs is 1. The van der Waals surface area contributed by atoms with Crippen LogP contribution in [0.15, 0.2) is 0 Å². The topological polar surface area (TPSA) is 153 Å². The highest BCUT2D eigenvalue weighted by Gasteiger charge is 2.49. The molecule has 5 atom stereocenters. The largest absolute Gasteiger partial charge is 0.481 e. The first-order valence-electron chi connectivity index (χ1n) is 12.5. The lowest BCUT2D eigenvalue weighted by atomic mass is 9.92. The van der Waals surface area contributed by atoms with Crippen LogP contribution < -0.4 is 11.1 Å². The summed E-state index contributed by atoms with van der Waals surface area (Å²) >= 11 is 0. The molecule has 0 spiro atoms. The van der Waals surface area contributed by atoms with E-state index in [0.29, 0.717) is 30.8 Å². The van der Waals surface area contributed by atoms with Crippen molar-refractivity contribution >= 4 is 29.5 Å². The molecule has 9 heteroatoms. The molecule has 0 aromatic carbocycles. The molecule has 0 aromatic heterocycles. The number of carbonyl (C=O) groups excluding carboxylic acids is 4. The lowest BCUT2D eigenvalue weighted by Crippen LogP contribution is -2.45. The molecule has 2 rings (SSSR count). The standard InChI is InChI=1S/C26H38N2O7/c1-16(2)13-17(14-25(33)35-15-20-18-7-5-3-4-6-8-19(18)20)26(34)28-21(9-11-23(27)30)22(29)10-12-24(31)32/h16-21H,5-15H2,1-2H3,(H2,27,30)(H,28,34)(H,31,32)/t17-,18-,19+,20?,21+/m1/s1. The van der Waals surface area contributed by atoms with E-state index in [4.69, 9.17) is 15.6 Å². The normalized spacial score (nSPS) is 22.3. The molecule has 2 aliphatic carbocycles. The van der Waals surface area contributed by atoms with Gasteiger partial charge >= 0.3 is 11.9 Å². The zero-order valence-electron chi connectivity index (χ0n) is 20.7. The molecule has 9 nitrogen and oxygen atoms in total. The van der Waals surface area contributed by atoms with Gasteiger partial charge in [-0.2, -0.15) is 0 Å². The molecular weight excluding hydrogens is 452 g/mol. The minimum absolute atomic E-state index is 0.0213. The number of rotatable bonds is 15. The fraction of sp³-hybridized carbons (Fsp3) is 0.731. The monoisotopic (exact) mass is 490 g/mol. The maximum Gasteiger partial charge on any atom is 0.306 e. The number of ketones is 1. The highest BCUT2D eigenvalue weighted by molar-refractivity contribution is 5.92. The van der Waals surface area contributed by atoms with Gasteiger partial charge in [0, 0.05) is 31.6 Å². The molecule has 0 heterocycles. The highest BCUT2D eigenvalue weighted by Crippen LogP contribution is 2.52. The summed E-state index contributed by atoms with van der Waals surface area (Å²) < 4.78 is 5.54. The van der Waals surface area contributed by atoms with E-state index < -0.39 is 41.5 Å². The predicted octanol–water partition coefficient (Wildman–Crippen LogP) is 2.21. The molecule has 194 valence electrons. The molecule has 0 radical (unpaired) electrons. The smallest absolute Gasteiger partial charge is 0.306 e. The summed E-state index contributed by atoms with van der Waals surface area (Å²) in [6.45, 7) is 4.20. The van der Waals surface area contributed by atoms with Crippen LogP contribution in [0.5, 0.6) is 0 Å². The van der Waals surface area contributed by atoms with E-state index in [1.165, 1.54) is 0 Å². The number of primary amides is 1. The fourth-order valence-electron chi connectivity index (χ4n) is 4.88. The van der Waals surface area contributed by atoms with Gasteiger partial charge in [0.05, 0.1) is 25.5 Å². The predicted molar refractivity (Wildman–Crippen MR) is 127 cm³/mol. The zero-order chi connectivity index (χ0) is 26.0. The van der Waals surface area contributed by atoms with Crippen LogP contribution in [-0.4, -0.2) is 47.3 Å². The molecule has 1 fully saturated rings. The molecule has 0 saturated heterocycles. The SMILES string of the molecule is CC(C)C[C@H](CC(=O)OCC1[C@H]2CCC#CCC[C@@H]12)C(=O)N[C@@H](CCC(N)=O)C(=O)CCC(=O)O. The van der Waals surface area contributed by atoms with Crippen molar-refractivity contribution in [2.45, 2.75) is 84.1 Å². The number of nitrogens with two attached hydrogens (primary N) is 1. The molecule has 1 unspecified atom stereocenters.